The maximum absolute atomic E-state index is 5.30. The van der Waals surface area contributed by atoms with Crippen LogP contribution >= 0.6 is 0 Å². The smallest absolute Gasteiger partial charge is 0.180 e. The van der Waals surface area contributed by atoms with Crippen LogP contribution in [0.4, 0.5) is 0 Å². The van der Waals surface area contributed by atoms with Gasteiger partial charge in [0.2, 0.25) is 0 Å². The average Bonchev–Trinajstić information content (AvgIpc) is 2.27. The third kappa shape index (κ3) is 10.1. The third-order valence-corrected chi connectivity index (χ3v) is 1.79. The average molecular weight is 222 g/mol. The lowest BCUT2D eigenvalue weighted by Crippen LogP contribution is -2.21. The summed E-state index contributed by atoms with van der Waals surface area (Å²) in [5.74, 6) is 0. The van der Waals surface area contributed by atoms with Gasteiger partial charge in [-0.1, -0.05) is 0 Å². The molecule has 0 radical (unpaired) electrons. The van der Waals surface area contributed by atoms with Gasteiger partial charge in [0.25, 0.3) is 0 Å². The molecule has 5 heteroatoms. The van der Waals surface area contributed by atoms with Crippen molar-refractivity contribution in [3.63, 3.8) is 0 Å². The lowest BCUT2D eigenvalue weighted by atomic mass is 10.5. The van der Waals surface area contributed by atoms with Crippen LogP contribution in [0.3, 0.4) is 0 Å². The molecule has 0 aliphatic carbocycles. The minimum atomic E-state index is -0.293. The van der Waals surface area contributed by atoms with Crippen molar-refractivity contribution in [2.45, 2.75) is 12.7 Å². The number of rotatable bonds is 11. The monoisotopic (exact) mass is 222 g/mol. The molecule has 0 atom stereocenters. The van der Waals surface area contributed by atoms with Crippen molar-refractivity contribution in [2.75, 3.05) is 54.4 Å². The molecule has 0 spiro atoms. The first-order chi connectivity index (χ1) is 7.35. The quantitative estimate of drug-likeness (QED) is 0.380. The summed E-state index contributed by atoms with van der Waals surface area (Å²) in [5, 5.41) is 0. The molecule has 0 unspecified atom stereocenters. The Morgan fingerprint density at radius 3 is 2.07 bits per heavy atom. The maximum Gasteiger partial charge on any atom is 0.180 e. The van der Waals surface area contributed by atoms with Crippen LogP contribution in [0.1, 0.15) is 6.42 Å². The molecular weight excluding hydrogens is 200 g/mol. The zero-order valence-corrected chi connectivity index (χ0v) is 9.86. The van der Waals surface area contributed by atoms with E-state index in [0.717, 1.165) is 13.0 Å². The first-order valence-electron chi connectivity index (χ1n) is 5.05. The normalized spacial score (nSPS) is 11.2. The summed E-state index contributed by atoms with van der Waals surface area (Å²) in [6.45, 7) is 3.00. The Kier molecular flexibility index (Phi) is 11.7. The van der Waals surface area contributed by atoms with Crippen LogP contribution in [0.2, 0.25) is 0 Å². The van der Waals surface area contributed by atoms with Crippen LogP contribution in [0, 0.1) is 0 Å². The van der Waals surface area contributed by atoms with Crippen LogP contribution in [0.15, 0.2) is 0 Å². The minimum Gasteiger partial charge on any atom is -0.385 e. The lowest BCUT2D eigenvalue weighted by Gasteiger charge is -2.13. The predicted octanol–water partition coefficient (Wildman–Crippen LogP) is 0.675. The maximum atomic E-state index is 5.30. The zero-order chi connectivity index (χ0) is 11.4. The molecule has 0 aliphatic rings. The Hall–Kier alpha value is -0.200. The van der Waals surface area contributed by atoms with Crippen LogP contribution in [-0.2, 0) is 23.7 Å². The van der Waals surface area contributed by atoms with Gasteiger partial charge in [0, 0.05) is 34.5 Å². The second-order valence-corrected chi connectivity index (χ2v) is 2.93. The summed E-state index contributed by atoms with van der Waals surface area (Å²) in [6.07, 6.45) is 0.619. The summed E-state index contributed by atoms with van der Waals surface area (Å²) in [7, 11) is 4.84. The Balaban J connectivity index is 3.04. The van der Waals surface area contributed by atoms with E-state index in [1.807, 2.05) is 0 Å². The molecule has 5 nitrogen and oxygen atoms in total. The van der Waals surface area contributed by atoms with E-state index in [1.54, 1.807) is 21.3 Å². The van der Waals surface area contributed by atoms with Gasteiger partial charge in [-0.15, -0.1) is 0 Å². The van der Waals surface area contributed by atoms with E-state index in [-0.39, 0.29) is 6.29 Å². The predicted molar refractivity (Wildman–Crippen MR) is 55.9 cm³/mol. The van der Waals surface area contributed by atoms with Gasteiger partial charge in [-0.25, -0.2) is 0 Å². The first kappa shape index (κ1) is 14.8. The van der Waals surface area contributed by atoms with Crippen molar-refractivity contribution in [3.05, 3.63) is 0 Å². The van der Waals surface area contributed by atoms with E-state index in [0.29, 0.717) is 26.4 Å². The molecule has 15 heavy (non-hydrogen) atoms. The molecular formula is C10H22O5. The number of ether oxygens (including phenoxy) is 5. The minimum absolute atomic E-state index is 0.293. The van der Waals surface area contributed by atoms with E-state index < -0.39 is 0 Å². The van der Waals surface area contributed by atoms with E-state index in [1.165, 1.54) is 0 Å². The molecule has 92 valence electrons. The summed E-state index contributed by atoms with van der Waals surface area (Å²) in [4.78, 5) is 0. The fraction of sp³-hybridized carbons (Fsp3) is 1.00. The van der Waals surface area contributed by atoms with Crippen molar-refractivity contribution in [2.24, 2.45) is 0 Å². The topological polar surface area (TPSA) is 46.2 Å². The Morgan fingerprint density at radius 2 is 1.47 bits per heavy atom. The SMILES string of the molecule is COCCCOCCOCC(OC)OC. The van der Waals surface area contributed by atoms with Gasteiger partial charge < -0.3 is 23.7 Å². The van der Waals surface area contributed by atoms with Gasteiger partial charge in [0.15, 0.2) is 6.29 Å². The van der Waals surface area contributed by atoms with Gasteiger partial charge in [-0.05, 0) is 6.42 Å². The van der Waals surface area contributed by atoms with Gasteiger partial charge in [0.1, 0.15) is 0 Å². The van der Waals surface area contributed by atoms with E-state index in [9.17, 15) is 0 Å². The highest BCUT2D eigenvalue weighted by atomic mass is 16.7. The zero-order valence-electron chi connectivity index (χ0n) is 9.86. The van der Waals surface area contributed by atoms with Crippen molar-refractivity contribution in [1.82, 2.24) is 0 Å². The standard InChI is InChI=1S/C10H22O5/c1-11-5-4-6-14-7-8-15-9-10(12-2)13-3/h10H,4-9H2,1-3H3. The highest BCUT2D eigenvalue weighted by molar-refractivity contribution is 4.39. The molecule has 0 amide bonds. The first-order valence-corrected chi connectivity index (χ1v) is 5.05. The largest absolute Gasteiger partial charge is 0.385 e. The summed E-state index contributed by atoms with van der Waals surface area (Å²) < 4.78 is 25.4. The molecule has 0 aliphatic heterocycles. The van der Waals surface area contributed by atoms with Crippen molar-refractivity contribution < 1.29 is 23.7 Å². The van der Waals surface area contributed by atoms with Gasteiger partial charge in [0.05, 0.1) is 19.8 Å². The summed E-state index contributed by atoms with van der Waals surface area (Å²) >= 11 is 0. The lowest BCUT2D eigenvalue weighted by molar-refractivity contribution is -0.143. The molecule has 0 fully saturated rings. The molecule has 0 saturated heterocycles. The number of hydrogen-bond donors (Lipinski definition) is 0. The second-order valence-electron chi connectivity index (χ2n) is 2.93. The molecule has 0 aromatic rings. The molecule has 0 rings (SSSR count). The highest BCUT2D eigenvalue weighted by Crippen LogP contribution is 1.92. The molecule has 0 bridgehead atoms. The summed E-state index contributed by atoms with van der Waals surface area (Å²) in [6, 6.07) is 0. The van der Waals surface area contributed by atoms with Gasteiger partial charge in [-0.3, -0.25) is 0 Å². The Labute approximate surface area is 91.6 Å². The molecule has 0 heterocycles. The van der Waals surface area contributed by atoms with Crippen LogP contribution in [-0.4, -0.2) is 60.7 Å². The Morgan fingerprint density at radius 1 is 0.800 bits per heavy atom. The fourth-order valence-electron chi connectivity index (χ4n) is 0.937. The fourth-order valence-corrected chi connectivity index (χ4v) is 0.937. The Bertz CT molecular complexity index is 116. The van der Waals surface area contributed by atoms with Crippen LogP contribution in [0.25, 0.3) is 0 Å². The third-order valence-electron chi connectivity index (χ3n) is 1.79. The summed E-state index contributed by atoms with van der Waals surface area (Å²) in [5.41, 5.74) is 0. The molecule has 0 saturated carbocycles. The van der Waals surface area contributed by atoms with E-state index in [2.05, 4.69) is 0 Å². The van der Waals surface area contributed by atoms with Crippen LogP contribution in [0.5, 0.6) is 0 Å². The molecule has 0 N–H and O–H groups in total. The van der Waals surface area contributed by atoms with Crippen molar-refractivity contribution in [3.8, 4) is 0 Å². The second kappa shape index (κ2) is 11.9. The molecule has 0 aromatic heterocycles. The van der Waals surface area contributed by atoms with Gasteiger partial charge in [-0.2, -0.15) is 0 Å². The van der Waals surface area contributed by atoms with Crippen molar-refractivity contribution in [1.29, 1.82) is 0 Å². The highest BCUT2D eigenvalue weighted by Gasteiger charge is 2.03. The number of hydrogen-bond acceptors (Lipinski definition) is 5. The van der Waals surface area contributed by atoms with Crippen molar-refractivity contribution >= 4 is 0 Å². The van der Waals surface area contributed by atoms with E-state index >= 15 is 0 Å². The van der Waals surface area contributed by atoms with Gasteiger partial charge >= 0.3 is 0 Å². The van der Waals surface area contributed by atoms with Crippen LogP contribution < -0.4 is 0 Å². The van der Waals surface area contributed by atoms with E-state index in [4.69, 9.17) is 23.7 Å². The molecule has 0 aromatic carbocycles. The number of methoxy groups -OCH3 is 3.